The first-order valence-electron chi connectivity index (χ1n) is 9.67. The van der Waals surface area contributed by atoms with Crippen LogP contribution in [0, 0.1) is 0 Å². The Morgan fingerprint density at radius 2 is 1.74 bits per heavy atom. The molecule has 2 heterocycles. The molecule has 148 valence electrons. The average molecular weight is 371 g/mol. The summed E-state index contributed by atoms with van der Waals surface area (Å²) in [6, 6.07) is 5.88. The molecular weight excluding hydrogens is 336 g/mol. The molecule has 2 aromatic rings. The number of hydrogen-bond donors (Lipinski definition) is 1. The summed E-state index contributed by atoms with van der Waals surface area (Å²) in [4.78, 5) is 14.4. The van der Waals surface area contributed by atoms with Crippen LogP contribution in [0.2, 0.25) is 0 Å². The Labute approximate surface area is 163 Å². The molecule has 27 heavy (non-hydrogen) atoms. The third-order valence-corrected chi connectivity index (χ3v) is 4.70. The van der Waals surface area contributed by atoms with Crippen molar-refractivity contribution >= 4 is 27.9 Å². The van der Waals surface area contributed by atoms with Crippen molar-refractivity contribution in [3.8, 4) is 0 Å². The predicted molar refractivity (Wildman–Crippen MR) is 119 cm³/mol. The minimum atomic E-state index is -0.373. The van der Waals surface area contributed by atoms with Crippen molar-refractivity contribution in [3.63, 3.8) is 0 Å². The molecular formula is C23H34N2O2. The van der Waals surface area contributed by atoms with Crippen LogP contribution in [0.4, 0.5) is 5.69 Å². The fourth-order valence-electron chi connectivity index (χ4n) is 3.11. The second kappa shape index (κ2) is 8.94. The molecule has 0 saturated carbocycles. The van der Waals surface area contributed by atoms with E-state index < -0.39 is 0 Å². The lowest BCUT2D eigenvalue weighted by molar-refractivity contribution is 0.556. The molecule has 1 N–H and O–H groups in total. The lowest BCUT2D eigenvalue weighted by atomic mass is 9.88. The van der Waals surface area contributed by atoms with Gasteiger partial charge in [-0.05, 0) is 38.5 Å². The molecule has 4 heteroatoms. The third-order valence-electron chi connectivity index (χ3n) is 4.70. The maximum absolute atomic E-state index is 12.2. The van der Waals surface area contributed by atoms with E-state index in [2.05, 4.69) is 56.8 Å². The highest BCUT2D eigenvalue weighted by Gasteiger charge is 2.29. The van der Waals surface area contributed by atoms with Crippen LogP contribution in [0.1, 0.15) is 59.6 Å². The fraction of sp³-hybridized carbons (Fsp3) is 0.435. The molecule has 0 fully saturated rings. The first-order chi connectivity index (χ1) is 12.7. The van der Waals surface area contributed by atoms with Gasteiger partial charge in [-0.2, -0.15) is 0 Å². The molecule has 0 saturated heterocycles. The number of hydrogen-bond acceptors (Lipinski definition) is 4. The topological polar surface area (TPSA) is 45.5 Å². The summed E-state index contributed by atoms with van der Waals surface area (Å²) in [7, 11) is 3.80. The number of nitrogens with one attached hydrogen (secondary N) is 1. The van der Waals surface area contributed by atoms with Gasteiger partial charge in [0.25, 0.3) is 0 Å². The van der Waals surface area contributed by atoms with E-state index in [4.69, 9.17) is 4.42 Å². The molecule has 3 rings (SSSR count). The maximum Gasteiger partial charge on any atom is 0.345 e. The van der Waals surface area contributed by atoms with Gasteiger partial charge in [0.05, 0.1) is 11.1 Å². The summed E-state index contributed by atoms with van der Waals surface area (Å²) in [5.41, 5.74) is 4.63. The molecule has 1 aliphatic heterocycles. The van der Waals surface area contributed by atoms with E-state index in [0.717, 1.165) is 16.6 Å². The predicted octanol–water partition coefficient (Wildman–Crippen LogP) is 5.67. The Hall–Kier alpha value is -2.49. The number of allylic oxidation sites excluding steroid dienone is 1. The van der Waals surface area contributed by atoms with Gasteiger partial charge in [0.1, 0.15) is 5.58 Å². The first-order valence-corrected chi connectivity index (χ1v) is 9.67. The number of benzene rings is 1. The Bertz CT molecular complexity index is 904. The van der Waals surface area contributed by atoms with Crippen LogP contribution < -0.4 is 15.8 Å². The summed E-state index contributed by atoms with van der Waals surface area (Å²) in [6.45, 7) is 18.3. The number of anilines is 1. The van der Waals surface area contributed by atoms with Crippen molar-refractivity contribution in [1.82, 2.24) is 5.32 Å². The van der Waals surface area contributed by atoms with Crippen molar-refractivity contribution in [2.75, 3.05) is 19.0 Å². The van der Waals surface area contributed by atoms with Crippen LogP contribution in [-0.2, 0) is 0 Å². The SMILES string of the molecule is C=C(NC)c1cc2cc3c(cc2oc1=O)N(C)C(C)(C)C=C3C.CC.CC. The Morgan fingerprint density at radius 1 is 1.15 bits per heavy atom. The lowest BCUT2D eigenvalue weighted by Crippen LogP contribution is -2.42. The van der Waals surface area contributed by atoms with E-state index >= 15 is 0 Å². The summed E-state index contributed by atoms with van der Waals surface area (Å²) in [5, 5.41) is 3.80. The molecule has 0 spiro atoms. The van der Waals surface area contributed by atoms with E-state index in [-0.39, 0.29) is 11.2 Å². The minimum Gasteiger partial charge on any atom is -0.422 e. The van der Waals surface area contributed by atoms with Gasteiger partial charge in [0.15, 0.2) is 0 Å². The normalized spacial score (nSPS) is 14.1. The zero-order valence-corrected chi connectivity index (χ0v) is 18.3. The van der Waals surface area contributed by atoms with Crippen molar-refractivity contribution in [3.05, 3.63) is 52.4 Å². The van der Waals surface area contributed by atoms with Gasteiger partial charge in [0, 0.05) is 42.5 Å². The second-order valence-corrected chi connectivity index (χ2v) is 6.62. The van der Waals surface area contributed by atoms with Crippen molar-refractivity contribution in [2.45, 2.75) is 54.0 Å². The van der Waals surface area contributed by atoms with Gasteiger partial charge in [-0.15, -0.1) is 0 Å². The number of rotatable bonds is 2. The average Bonchev–Trinajstić information content (AvgIpc) is 2.67. The Kier molecular flexibility index (Phi) is 7.46. The van der Waals surface area contributed by atoms with Gasteiger partial charge in [-0.1, -0.05) is 40.3 Å². The molecule has 0 radical (unpaired) electrons. The van der Waals surface area contributed by atoms with Gasteiger partial charge in [0.2, 0.25) is 0 Å². The highest BCUT2D eigenvalue weighted by atomic mass is 16.4. The quantitative estimate of drug-likeness (QED) is 0.692. The Balaban J connectivity index is 0.000000855. The summed E-state index contributed by atoms with van der Waals surface area (Å²) in [6.07, 6.45) is 2.26. The molecule has 0 atom stereocenters. The maximum atomic E-state index is 12.2. The molecule has 1 aliphatic rings. The lowest BCUT2D eigenvalue weighted by Gasteiger charge is -2.40. The number of likely N-dealkylation sites (N-methyl/N-ethyl adjacent to an activating group) is 1. The van der Waals surface area contributed by atoms with Crippen LogP contribution in [-0.4, -0.2) is 19.6 Å². The van der Waals surface area contributed by atoms with Gasteiger partial charge in [-0.3, -0.25) is 0 Å². The smallest absolute Gasteiger partial charge is 0.345 e. The van der Waals surface area contributed by atoms with Crippen LogP contribution in [0.5, 0.6) is 0 Å². The van der Waals surface area contributed by atoms with Crippen molar-refractivity contribution < 1.29 is 4.42 Å². The zero-order chi connectivity index (χ0) is 20.9. The minimum absolute atomic E-state index is 0.0780. The molecule has 0 unspecified atom stereocenters. The standard InChI is InChI=1S/C19H22N2O2.2C2H6/c1-11-10-19(3,4)21(6)16-9-17-13(7-14(11)16)8-15(12(2)20-5)18(22)23-17;2*1-2/h7-10,20H,2H2,1,3-6H3;2*1-2H3. The van der Waals surface area contributed by atoms with E-state index in [1.165, 1.54) is 5.57 Å². The molecule has 4 nitrogen and oxygen atoms in total. The number of fused-ring (bicyclic) bond motifs is 2. The van der Waals surface area contributed by atoms with Crippen LogP contribution in [0.15, 0.2) is 40.1 Å². The van der Waals surface area contributed by atoms with Gasteiger partial charge in [-0.25, -0.2) is 4.79 Å². The molecule has 0 aliphatic carbocycles. The van der Waals surface area contributed by atoms with Crippen molar-refractivity contribution in [1.29, 1.82) is 0 Å². The summed E-state index contributed by atoms with van der Waals surface area (Å²) >= 11 is 0. The van der Waals surface area contributed by atoms with E-state index in [1.807, 2.05) is 39.8 Å². The van der Waals surface area contributed by atoms with Crippen LogP contribution >= 0.6 is 0 Å². The first kappa shape index (κ1) is 22.6. The van der Waals surface area contributed by atoms with Crippen molar-refractivity contribution in [2.24, 2.45) is 0 Å². The zero-order valence-electron chi connectivity index (χ0n) is 18.3. The van der Waals surface area contributed by atoms with Crippen LogP contribution in [0.3, 0.4) is 0 Å². The summed E-state index contributed by atoms with van der Waals surface area (Å²) < 4.78 is 5.53. The van der Waals surface area contributed by atoms with Gasteiger partial charge >= 0.3 is 5.63 Å². The fourth-order valence-corrected chi connectivity index (χ4v) is 3.11. The monoisotopic (exact) mass is 370 g/mol. The largest absolute Gasteiger partial charge is 0.422 e. The third kappa shape index (κ3) is 4.26. The molecule has 1 aromatic carbocycles. The number of nitrogens with zero attached hydrogens (tertiary/aromatic N) is 1. The van der Waals surface area contributed by atoms with E-state index in [1.54, 1.807) is 7.05 Å². The van der Waals surface area contributed by atoms with Gasteiger partial charge < -0.3 is 14.6 Å². The van der Waals surface area contributed by atoms with E-state index in [0.29, 0.717) is 16.8 Å². The Morgan fingerprint density at radius 3 is 2.30 bits per heavy atom. The molecule has 1 aromatic heterocycles. The second-order valence-electron chi connectivity index (χ2n) is 6.62. The molecule has 0 amide bonds. The van der Waals surface area contributed by atoms with Crippen LogP contribution in [0.25, 0.3) is 22.2 Å². The van der Waals surface area contributed by atoms with E-state index in [9.17, 15) is 4.79 Å². The molecule has 0 bridgehead atoms. The highest BCUT2D eigenvalue weighted by molar-refractivity contribution is 5.92. The summed E-state index contributed by atoms with van der Waals surface area (Å²) in [5.74, 6) is 0. The highest BCUT2D eigenvalue weighted by Crippen LogP contribution is 2.39.